The minimum Gasteiger partial charge on any atom is -0.478 e. The van der Waals surface area contributed by atoms with Crippen LogP contribution in [0.5, 0.6) is 0 Å². The van der Waals surface area contributed by atoms with Crippen LogP contribution in [0.4, 0.5) is 0 Å². The number of benzene rings is 2. The van der Waals surface area contributed by atoms with E-state index in [1.54, 1.807) is 0 Å². The molecule has 2 unspecified atom stereocenters. The van der Waals surface area contributed by atoms with Gasteiger partial charge >= 0.3 is 11.9 Å². The lowest BCUT2D eigenvalue weighted by molar-refractivity contribution is -0.134. The fourth-order valence-corrected chi connectivity index (χ4v) is 3.55. The molecule has 2 atom stereocenters. The molecule has 0 saturated carbocycles. The molecule has 0 aromatic heterocycles. The Labute approximate surface area is 170 Å². The normalized spacial score (nSPS) is 18.8. The number of methoxy groups -OCH3 is 1. The van der Waals surface area contributed by atoms with Gasteiger partial charge < -0.3 is 20.3 Å². The summed E-state index contributed by atoms with van der Waals surface area (Å²) in [6.07, 6.45) is 3.70. The molecule has 29 heavy (non-hydrogen) atoms. The zero-order valence-corrected chi connectivity index (χ0v) is 16.4. The van der Waals surface area contributed by atoms with E-state index >= 15 is 0 Å². The number of nitrogens with one attached hydrogen (secondary N) is 1. The first kappa shape index (κ1) is 22.3. The summed E-state index contributed by atoms with van der Waals surface area (Å²) in [7, 11) is 1.83. The first-order chi connectivity index (χ1) is 14.0. The Morgan fingerprint density at radius 2 is 1.45 bits per heavy atom. The van der Waals surface area contributed by atoms with Gasteiger partial charge in [0.05, 0.1) is 6.10 Å². The maximum Gasteiger partial charge on any atom is 0.328 e. The molecule has 3 N–H and O–H groups in total. The first-order valence-electron chi connectivity index (χ1n) is 9.53. The second-order valence-corrected chi connectivity index (χ2v) is 6.71. The summed E-state index contributed by atoms with van der Waals surface area (Å²) in [4.78, 5) is 19.1. The lowest BCUT2D eigenvalue weighted by Crippen LogP contribution is -2.49. The Hall–Kier alpha value is -2.96. The Balaban J connectivity index is 0.000000321. The van der Waals surface area contributed by atoms with Crippen LogP contribution in [-0.4, -0.2) is 48.0 Å². The van der Waals surface area contributed by atoms with Crippen LogP contribution in [0.2, 0.25) is 0 Å². The average Bonchev–Trinajstić information content (AvgIpc) is 2.75. The van der Waals surface area contributed by atoms with Crippen LogP contribution in [0.15, 0.2) is 72.8 Å². The van der Waals surface area contributed by atoms with Crippen LogP contribution >= 0.6 is 0 Å². The number of rotatable bonds is 6. The molecule has 0 radical (unpaired) electrons. The Bertz CT molecular complexity index is 736. The first-order valence-corrected chi connectivity index (χ1v) is 9.53. The van der Waals surface area contributed by atoms with Crippen LogP contribution in [0, 0.1) is 0 Å². The third-order valence-corrected chi connectivity index (χ3v) is 4.79. The molecule has 1 aliphatic rings. The summed E-state index contributed by atoms with van der Waals surface area (Å²) in [5, 5.41) is 19.3. The highest BCUT2D eigenvalue weighted by atomic mass is 16.5. The number of ether oxygens (including phenoxy) is 1. The van der Waals surface area contributed by atoms with E-state index in [0.717, 1.165) is 13.0 Å². The van der Waals surface area contributed by atoms with Crippen molar-refractivity contribution in [1.29, 1.82) is 0 Å². The lowest BCUT2D eigenvalue weighted by atomic mass is 9.80. The van der Waals surface area contributed by atoms with E-state index in [0.29, 0.717) is 24.1 Å². The van der Waals surface area contributed by atoms with Crippen LogP contribution in [-0.2, 0) is 14.3 Å². The van der Waals surface area contributed by atoms with Gasteiger partial charge in [0, 0.05) is 31.2 Å². The highest BCUT2D eigenvalue weighted by molar-refractivity contribution is 5.89. The van der Waals surface area contributed by atoms with Gasteiger partial charge in [0.2, 0.25) is 0 Å². The van der Waals surface area contributed by atoms with E-state index < -0.39 is 11.9 Å². The number of hydrogen-bond donors (Lipinski definition) is 3. The molecule has 1 heterocycles. The summed E-state index contributed by atoms with van der Waals surface area (Å²) in [6.45, 7) is 1.07. The molecule has 1 fully saturated rings. The number of aliphatic carboxylic acids is 2. The maximum atomic E-state index is 9.55. The van der Waals surface area contributed by atoms with E-state index in [1.807, 2.05) is 7.11 Å². The monoisotopic (exact) mass is 397 g/mol. The quantitative estimate of drug-likeness (QED) is 0.648. The van der Waals surface area contributed by atoms with Gasteiger partial charge in [-0.3, -0.25) is 0 Å². The van der Waals surface area contributed by atoms with Crippen molar-refractivity contribution in [2.75, 3.05) is 13.7 Å². The van der Waals surface area contributed by atoms with Crippen LogP contribution in [0.25, 0.3) is 0 Å². The maximum absolute atomic E-state index is 9.55. The molecule has 0 spiro atoms. The number of hydrogen-bond acceptors (Lipinski definition) is 4. The van der Waals surface area contributed by atoms with Gasteiger partial charge in [-0.15, -0.1) is 0 Å². The summed E-state index contributed by atoms with van der Waals surface area (Å²) in [6, 6.07) is 21.9. The predicted molar refractivity (Wildman–Crippen MR) is 111 cm³/mol. The van der Waals surface area contributed by atoms with Crippen LogP contribution in [0.1, 0.15) is 29.9 Å². The van der Waals surface area contributed by atoms with E-state index in [1.165, 1.54) is 17.5 Å². The van der Waals surface area contributed by atoms with E-state index in [4.69, 9.17) is 14.9 Å². The van der Waals surface area contributed by atoms with Crippen molar-refractivity contribution in [2.45, 2.75) is 30.9 Å². The van der Waals surface area contributed by atoms with Gasteiger partial charge in [0.15, 0.2) is 0 Å². The molecule has 0 aliphatic carbocycles. The van der Waals surface area contributed by atoms with Gasteiger partial charge in [0.1, 0.15) is 0 Å². The number of piperidine rings is 1. The van der Waals surface area contributed by atoms with E-state index in [2.05, 4.69) is 66.0 Å². The van der Waals surface area contributed by atoms with Crippen molar-refractivity contribution >= 4 is 11.9 Å². The summed E-state index contributed by atoms with van der Waals surface area (Å²) < 4.78 is 5.77. The Morgan fingerprint density at radius 1 is 0.966 bits per heavy atom. The van der Waals surface area contributed by atoms with Crippen molar-refractivity contribution < 1.29 is 24.5 Å². The molecule has 0 bridgehead atoms. The van der Waals surface area contributed by atoms with Crippen LogP contribution < -0.4 is 5.32 Å². The lowest BCUT2D eigenvalue weighted by Gasteiger charge is -2.37. The third kappa shape index (κ3) is 7.18. The van der Waals surface area contributed by atoms with Gasteiger partial charge in [-0.1, -0.05) is 60.7 Å². The highest BCUT2D eigenvalue weighted by Crippen LogP contribution is 2.32. The minimum absolute atomic E-state index is 0.268. The number of carbonyl (C=O) groups is 2. The summed E-state index contributed by atoms with van der Waals surface area (Å²) >= 11 is 0. The zero-order chi connectivity index (χ0) is 21.1. The third-order valence-electron chi connectivity index (χ3n) is 4.79. The summed E-state index contributed by atoms with van der Waals surface area (Å²) in [5.41, 5.74) is 2.70. The smallest absolute Gasteiger partial charge is 0.328 e. The van der Waals surface area contributed by atoms with Crippen molar-refractivity contribution in [2.24, 2.45) is 0 Å². The van der Waals surface area contributed by atoms with E-state index in [-0.39, 0.29) is 6.10 Å². The molecule has 6 nitrogen and oxygen atoms in total. The molecule has 1 saturated heterocycles. The predicted octanol–water partition coefficient (Wildman–Crippen LogP) is 3.30. The van der Waals surface area contributed by atoms with Crippen molar-refractivity contribution in [3.8, 4) is 0 Å². The van der Waals surface area contributed by atoms with Gasteiger partial charge in [0.25, 0.3) is 0 Å². The average molecular weight is 397 g/mol. The van der Waals surface area contributed by atoms with Gasteiger partial charge in [-0.2, -0.15) is 0 Å². The fourth-order valence-electron chi connectivity index (χ4n) is 3.55. The number of carboxylic acids is 2. The van der Waals surface area contributed by atoms with Gasteiger partial charge in [-0.25, -0.2) is 9.59 Å². The molecular formula is C23H27NO5. The SMILES string of the molecule is COC1CCCNC1C(c1ccccc1)c1ccccc1.O=C(O)/C=C\C(=O)O. The van der Waals surface area contributed by atoms with Gasteiger partial charge in [-0.05, 0) is 30.5 Å². The molecule has 0 amide bonds. The second-order valence-electron chi connectivity index (χ2n) is 6.71. The topological polar surface area (TPSA) is 95.9 Å². The zero-order valence-electron chi connectivity index (χ0n) is 16.4. The largest absolute Gasteiger partial charge is 0.478 e. The van der Waals surface area contributed by atoms with Crippen molar-refractivity contribution in [3.63, 3.8) is 0 Å². The standard InChI is InChI=1S/C19H23NO.C4H4O4/c1-21-17-13-8-14-20-19(17)18(15-9-4-2-5-10-15)16-11-6-3-7-12-16;5-3(6)1-2-4(7)8/h2-7,9-12,17-20H,8,13-14H2,1H3;1-2H,(H,5,6)(H,7,8)/b;2-1-. The van der Waals surface area contributed by atoms with E-state index in [9.17, 15) is 9.59 Å². The highest BCUT2D eigenvalue weighted by Gasteiger charge is 2.33. The molecular weight excluding hydrogens is 370 g/mol. The van der Waals surface area contributed by atoms with Crippen molar-refractivity contribution in [3.05, 3.63) is 83.9 Å². The molecule has 154 valence electrons. The van der Waals surface area contributed by atoms with Crippen LogP contribution in [0.3, 0.4) is 0 Å². The molecule has 3 rings (SSSR count). The Morgan fingerprint density at radius 3 is 1.86 bits per heavy atom. The summed E-state index contributed by atoms with van der Waals surface area (Å²) in [5.74, 6) is -2.18. The van der Waals surface area contributed by atoms with Crippen molar-refractivity contribution in [1.82, 2.24) is 5.32 Å². The Kier molecular flexibility index (Phi) is 9.08. The molecule has 1 aliphatic heterocycles. The second kappa shape index (κ2) is 11.8. The minimum atomic E-state index is -1.26. The molecule has 2 aromatic rings. The molecule has 2 aromatic carbocycles. The fraction of sp³-hybridized carbons (Fsp3) is 0.304. The molecule has 6 heteroatoms. The number of carboxylic acid groups (broad SMARTS) is 2.